The van der Waals surface area contributed by atoms with E-state index in [0.29, 0.717) is 36.1 Å². The number of carbonyl (C=O) groups is 2. The summed E-state index contributed by atoms with van der Waals surface area (Å²) in [6, 6.07) is 11.8. The van der Waals surface area contributed by atoms with Gasteiger partial charge in [-0.05, 0) is 50.6 Å². The fourth-order valence-corrected chi connectivity index (χ4v) is 4.81. The van der Waals surface area contributed by atoms with Gasteiger partial charge in [0.1, 0.15) is 5.60 Å². The van der Waals surface area contributed by atoms with Crippen molar-refractivity contribution in [1.82, 2.24) is 15.2 Å². The predicted molar refractivity (Wildman–Crippen MR) is 137 cm³/mol. The van der Waals surface area contributed by atoms with Crippen LogP contribution in [0.3, 0.4) is 0 Å². The molecule has 9 nitrogen and oxygen atoms in total. The molecule has 3 aromatic rings. The molecule has 36 heavy (non-hydrogen) atoms. The van der Waals surface area contributed by atoms with Crippen LogP contribution in [0.2, 0.25) is 0 Å². The summed E-state index contributed by atoms with van der Waals surface area (Å²) in [6.07, 6.45) is 0.218. The molecular weight excluding hydrogens is 482 g/mol. The lowest BCUT2D eigenvalue weighted by molar-refractivity contribution is 0.0534. The van der Waals surface area contributed by atoms with E-state index >= 15 is 0 Å². The molecule has 2 heterocycles. The van der Waals surface area contributed by atoms with Gasteiger partial charge in [-0.2, -0.15) is 8.42 Å². The molecule has 0 fully saturated rings. The minimum Gasteiger partial charge on any atom is -0.443 e. The van der Waals surface area contributed by atoms with Gasteiger partial charge in [-0.15, -0.1) is 0 Å². The fraction of sp³-hybridized carbons (Fsp3) is 0.385. The maximum atomic E-state index is 13.9. The molecule has 4 rings (SSSR count). The molecular formula is C26H31N3O6S. The molecule has 0 saturated carbocycles. The van der Waals surface area contributed by atoms with Crippen LogP contribution in [0.25, 0.3) is 10.9 Å². The summed E-state index contributed by atoms with van der Waals surface area (Å²) in [7, 11) is -3.90. The van der Waals surface area contributed by atoms with Crippen LogP contribution in [-0.2, 0) is 27.9 Å². The van der Waals surface area contributed by atoms with Gasteiger partial charge in [0, 0.05) is 24.0 Å². The molecule has 0 aliphatic carbocycles. The Morgan fingerprint density at radius 3 is 2.56 bits per heavy atom. The highest BCUT2D eigenvalue weighted by atomic mass is 32.2. The highest BCUT2D eigenvalue weighted by molar-refractivity contribution is 7.86. The Morgan fingerprint density at radius 1 is 1.17 bits per heavy atom. The molecule has 0 bridgehead atoms. The monoisotopic (exact) mass is 513 g/mol. The summed E-state index contributed by atoms with van der Waals surface area (Å²) in [6.45, 7) is 8.66. The smallest absolute Gasteiger partial charge is 0.419 e. The Bertz CT molecular complexity index is 1440. The van der Waals surface area contributed by atoms with Gasteiger partial charge in [0.25, 0.3) is 0 Å². The van der Waals surface area contributed by atoms with Gasteiger partial charge in [-0.3, -0.25) is 10.1 Å². The Kier molecular flexibility index (Phi) is 6.96. The van der Waals surface area contributed by atoms with E-state index in [2.05, 4.69) is 10.6 Å². The second-order valence-corrected chi connectivity index (χ2v) is 11.4. The molecule has 2 aromatic carbocycles. The molecule has 1 atom stereocenters. The molecule has 0 radical (unpaired) electrons. The van der Waals surface area contributed by atoms with E-state index in [1.54, 1.807) is 32.9 Å². The molecule has 1 unspecified atom stereocenters. The van der Waals surface area contributed by atoms with E-state index in [1.165, 1.54) is 10.6 Å². The number of nitrogens with one attached hydrogen (secondary N) is 2. The molecule has 10 heteroatoms. The van der Waals surface area contributed by atoms with Gasteiger partial charge >= 0.3 is 16.2 Å². The van der Waals surface area contributed by atoms with Crippen molar-refractivity contribution in [3.8, 4) is 5.75 Å². The van der Waals surface area contributed by atoms with Crippen LogP contribution in [0.5, 0.6) is 5.75 Å². The predicted octanol–water partition coefficient (Wildman–Crippen LogP) is 3.90. The lowest BCUT2D eigenvalue weighted by Crippen LogP contribution is -2.31. The summed E-state index contributed by atoms with van der Waals surface area (Å²) in [5.74, 6) is -0.257. The number of ether oxygens (including phenoxy) is 1. The molecule has 192 valence electrons. The van der Waals surface area contributed by atoms with E-state index in [9.17, 15) is 18.0 Å². The minimum atomic E-state index is -3.90. The number of fused-ring (bicyclic) bond motifs is 2. The second-order valence-electron chi connectivity index (χ2n) is 9.78. The molecule has 0 saturated heterocycles. The first-order valence-electron chi connectivity index (χ1n) is 11.8. The summed E-state index contributed by atoms with van der Waals surface area (Å²) >= 11 is 0. The lowest BCUT2D eigenvalue weighted by atomic mass is 10.00. The topological polar surface area (TPSA) is 116 Å². The number of Topliss-reactive ketones (excluding diaryl/α,β-unsaturated/α-hetero) is 1. The second kappa shape index (κ2) is 9.68. The Morgan fingerprint density at radius 2 is 1.89 bits per heavy atom. The highest BCUT2D eigenvalue weighted by Gasteiger charge is 2.34. The van der Waals surface area contributed by atoms with Gasteiger partial charge in [0.05, 0.1) is 23.5 Å². The van der Waals surface area contributed by atoms with Crippen molar-refractivity contribution in [2.24, 2.45) is 0 Å². The molecule has 1 aliphatic heterocycles. The highest BCUT2D eigenvalue weighted by Crippen LogP contribution is 2.36. The van der Waals surface area contributed by atoms with Crippen molar-refractivity contribution in [3.05, 3.63) is 64.8 Å². The number of rotatable bonds is 7. The number of hydrogen-bond acceptors (Lipinski definition) is 8. The van der Waals surface area contributed by atoms with Crippen LogP contribution < -0.4 is 14.8 Å². The number of ketones is 1. The first-order chi connectivity index (χ1) is 16.9. The van der Waals surface area contributed by atoms with Gasteiger partial charge in [-0.1, -0.05) is 37.3 Å². The minimum absolute atomic E-state index is 0.0760. The van der Waals surface area contributed by atoms with Gasteiger partial charge in [0.2, 0.25) is 5.78 Å². The number of carbonyl (C=O) groups excluding carboxylic acids is 2. The normalized spacial score (nSPS) is 15.6. The average Bonchev–Trinajstić information content (AvgIpc) is 3.38. The van der Waals surface area contributed by atoms with Crippen LogP contribution in [0.15, 0.2) is 42.5 Å². The van der Waals surface area contributed by atoms with E-state index in [1.807, 2.05) is 31.2 Å². The van der Waals surface area contributed by atoms with Crippen molar-refractivity contribution in [3.63, 3.8) is 0 Å². The molecule has 0 spiro atoms. The summed E-state index contributed by atoms with van der Waals surface area (Å²) < 4.78 is 36.5. The number of benzene rings is 2. The Labute approximate surface area is 210 Å². The Balaban J connectivity index is 1.93. The first-order valence-corrected chi connectivity index (χ1v) is 13.6. The van der Waals surface area contributed by atoms with Crippen LogP contribution in [-0.4, -0.2) is 43.3 Å². The van der Waals surface area contributed by atoms with Crippen molar-refractivity contribution in [1.29, 1.82) is 0 Å². The summed E-state index contributed by atoms with van der Waals surface area (Å²) in [4.78, 5) is 27.2. The summed E-state index contributed by atoms with van der Waals surface area (Å²) in [5, 5.41) is 6.71. The van der Waals surface area contributed by atoms with E-state index in [0.717, 1.165) is 17.4 Å². The molecule has 1 aliphatic rings. The first kappa shape index (κ1) is 25.9. The van der Waals surface area contributed by atoms with Crippen LogP contribution in [0.1, 0.15) is 60.9 Å². The van der Waals surface area contributed by atoms with E-state index < -0.39 is 27.9 Å². The van der Waals surface area contributed by atoms with Crippen molar-refractivity contribution in [2.75, 3.05) is 12.8 Å². The van der Waals surface area contributed by atoms with E-state index in [-0.39, 0.29) is 17.2 Å². The zero-order valence-electron chi connectivity index (χ0n) is 21.0. The zero-order chi connectivity index (χ0) is 26.3. The fourth-order valence-electron chi connectivity index (χ4n) is 4.31. The third kappa shape index (κ3) is 5.30. The number of aromatic nitrogens is 1. The molecule has 1 aromatic heterocycles. The van der Waals surface area contributed by atoms with Crippen molar-refractivity contribution >= 4 is 32.9 Å². The maximum absolute atomic E-state index is 13.9. The molecule has 0 amide bonds. The Hall–Kier alpha value is -3.21. The SMILES string of the molecule is CCNCc1ccc2c(cc(C(=O)C3NCc4ccccc43)n2C(=O)OC(C)(C)C)c1OS(C)(=O)=O. The third-order valence-corrected chi connectivity index (χ3v) is 6.24. The van der Waals surface area contributed by atoms with Crippen LogP contribution in [0.4, 0.5) is 4.79 Å². The number of hydrogen-bond donors (Lipinski definition) is 2. The average molecular weight is 514 g/mol. The third-order valence-electron chi connectivity index (χ3n) is 5.77. The number of nitrogens with zero attached hydrogens (tertiary/aromatic N) is 1. The van der Waals surface area contributed by atoms with E-state index in [4.69, 9.17) is 8.92 Å². The van der Waals surface area contributed by atoms with Crippen LogP contribution >= 0.6 is 0 Å². The molecule has 2 N–H and O–H groups in total. The van der Waals surface area contributed by atoms with Crippen molar-refractivity contribution in [2.45, 2.75) is 52.4 Å². The van der Waals surface area contributed by atoms with Gasteiger partial charge < -0.3 is 14.2 Å². The quantitative estimate of drug-likeness (QED) is 0.361. The zero-order valence-corrected chi connectivity index (χ0v) is 21.9. The lowest BCUT2D eigenvalue weighted by Gasteiger charge is -2.21. The van der Waals surface area contributed by atoms with Crippen molar-refractivity contribution < 1.29 is 26.9 Å². The largest absolute Gasteiger partial charge is 0.443 e. The summed E-state index contributed by atoms with van der Waals surface area (Å²) in [5.41, 5.74) is 2.00. The maximum Gasteiger partial charge on any atom is 0.419 e. The van der Waals surface area contributed by atoms with Gasteiger partial charge in [-0.25, -0.2) is 9.36 Å². The van der Waals surface area contributed by atoms with Gasteiger partial charge in [0.15, 0.2) is 5.75 Å². The standard InChI is InChI=1S/C26H31N3O6S/c1-6-27-14-17-11-12-20-19(24(17)35-36(5,32)33)13-21(29(20)25(31)34-26(2,3)4)23(30)22-18-10-8-7-9-16(18)15-28-22/h7-13,22,27-28H,6,14-15H2,1-5H3. The van der Waals surface area contributed by atoms with Crippen LogP contribution in [0, 0.1) is 0 Å².